The number of rotatable bonds is 3. The molecule has 1 aromatic carbocycles. The molecule has 26 heavy (non-hydrogen) atoms. The summed E-state index contributed by atoms with van der Waals surface area (Å²) in [6.07, 6.45) is 3.57. The number of hydrogen-bond acceptors (Lipinski definition) is 5. The molecule has 3 heterocycles. The van der Waals surface area contributed by atoms with Gasteiger partial charge in [-0.05, 0) is 43.5 Å². The standard InChI is InChI=1S/C18H20ClN5OS/c1-11-9-12(19)10-15-16(11)21-18(26-15)24-7-3-13(4-8-24)20-17(25)14-5-6-23(2)22-14/h5-6,9-10,13H,3-4,7-8H2,1-2H3,(H,20,25). The number of aromatic nitrogens is 3. The molecule has 0 spiro atoms. The van der Waals surface area contributed by atoms with Crippen LogP contribution in [0.2, 0.25) is 5.02 Å². The van der Waals surface area contributed by atoms with Gasteiger partial charge in [0, 0.05) is 37.4 Å². The average molecular weight is 390 g/mol. The van der Waals surface area contributed by atoms with E-state index >= 15 is 0 Å². The number of aryl methyl sites for hydroxylation is 2. The molecule has 8 heteroatoms. The van der Waals surface area contributed by atoms with Gasteiger partial charge < -0.3 is 10.2 Å². The molecular formula is C18H20ClN5OS. The summed E-state index contributed by atoms with van der Waals surface area (Å²) in [5.74, 6) is -0.102. The summed E-state index contributed by atoms with van der Waals surface area (Å²) in [7, 11) is 1.81. The highest BCUT2D eigenvalue weighted by atomic mass is 35.5. The third-order valence-electron chi connectivity index (χ3n) is 4.69. The predicted octanol–water partition coefficient (Wildman–Crippen LogP) is 3.39. The van der Waals surface area contributed by atoms with Crippen LogP contribution in [0.15, 0.2) is 24.4 Å². The van der Waals surface area contributed by atoms with E-state index in [0.29, 0.717) is 5.69 Å². The molecule has 1 saturated heterocycles. The lowest BCUT2D eigenvalue weighted by atomic mass is 10.1. The molecule has 1 N–H and O–H groups in total. The molecule has 1 fully saturated rings. The minimum atomic E-state index is -0.102. The van der Waals surface area contributed by atoms with E-state index in [1.807, 2.05) is 26.1 Å². The van der Waals surface area contributed by atoms with E-state index in [1.54, 1.807) is 28.3 Å². The Hall–Kier alpha value is -2.12. The van der Waals surface area contributed by atoms with E-state index in [9.17, 15) is 4.79 Å². The quantitative estimate of drug-likeness (QED) is 0.745. The molecule has 2 aromatic heterocycles. The number of thiazole rings is 1. The smallest absolute Gasteiger partial charge is 0.271 e. The summed E-state index contributed by atoms with van der Waals surface area (Å²) in [6, 6.07) is 5.84. The average Bonchev–Trinajstić information content (AvgIpc) is 3.22. The molecule has 0 saturated carbocycles. The molecule has 4 rings (SSSR count). The highest BCUT2D eigenvalue weighted by Gasteiger charge is 2.24. The fourth-order valence-electron chi connectivity index (χ4n) is 3.29. The van der Waals surface area contributed by atoms with Crippen LogP contribution < -0.4 is 10.2 Å². The maximum atomic E-state index is 12.2. The van der Waals surface area contributed by atoms with E-state index < -0.39 is 0 Å². The zero-order valence-electron chi connectivity index (χ0n) is 14.7. The Labute approximate surface area is 160 Å². The Kier molecular flexibility index (Phi) is 4.58. The summed E-state index contributed by atoms with van der Waals surface area (Å²) in [5.41, 5.74) is 2.60. The van der Waals surface area contributed by atoms with Crippen molar-refractivity contribution in [3.05, 3.63) is 40.7 Å². The van der Waals surface area contributed by atoms with Gasteiger partial charge in [0.05, 0.1) is 10.2 Å². The van der Waals surface area contributed by atoms with Crippen molar-refractivity contribution in [2.75, 3.05) is 18.0 Å². The van der Waals surface area contributed by atoms with E-state index in [2.05, 4.69) is 15.3 Å². The Balaban J connectivity index is 1.40. The Morgan fingerprint density at radius 3 is 2.81 bits per heavy atom. The van der Waals surface area contributed by atoms with Gasteiger partial charge in [-0.3, -0.25) is 9.48 Å². The highest BCUT2D eigenvalue weighted by Crippen LogP contribution is 2.34. The number of anilines is 1. The number of carbonyl (C=O) groups excluding carboxylic acids is 1. The number of halogens is 1. The zero-order chi connectivity index (χ0) is 18.3. The van der Waals surface area contributed by atoms with Gasteiger partial charge in [0.2, 0.25) is 0 Å². The first-order valence-electron chi connectivity index (χ1n) is 8.62. The number of nitrogens with zero attached hydrogens (tertiary/aromatic N) is 4. The molecule has 1 aliphatic heterocycles. The van der Waals surface area contributed by atoms with Crippen LogP contribution in [0.3, 0.4) is 0 Å². The first-order valence-corrected chi connectivity index (χ1v) is 9.81. The van der Waals surface area contributed by atoms with Crippen LogP contribution >= 0.6 is 22.9 Å². The van der Waals surface area contributed by atoms with Crippen LogP contribution in [0.4, 0.5) is 5.13 Å². The van der Waals surface area contributed by atoms with E-state index in [-0.39, 0.29) is 11.9 Å². The number of nitrogens with one attached hydrogen (secondary N) is 1. The lowest BCUT2D eigenvalue weighted by Crippen LogP contribution is -2.44. The number of amides is 1. The SMILES string of the molecule is Cc1cc(Cl)cc2sc(N3CCC(NC(=O)c4ccn(C)n4)CC3)nc12. The van der Waals surface area contributed by atoms with E-state index in [1.165, 1.54) is 0 Å². The monoisotopic (exact) mass is 389 g/mol. The van der Waals surface area contributed by atoms with Gasteiger partial charge in [0.15, 0.2) is 5.13 Å². The summed E-state index contributed by atoms with van der Waals surface area (Å²) in [6.45, 7) is 3.79. The second-order valence-corrected chi connectivity index (χ2v) is 8.12. The largest absolute Gasteiger partial charge is 0.348 e. The first-order chi connectivity index (χ1) is 12.5. The van der Waals surface area contributed by atoms with Crippen molar-refractivity contribution in [2.45, 2.75) is 25.8 Å². The molecule has 0 bridgehead atoms. The zero-order valence-corrected chi connectivity index (χ0v) is 16.3. The van der Waals surface area contributed by atoms with Crippen LogP contribution in [0.25, 0.3) is 10.2 Å². The topological polar surface area (TPSA) is 63.1 Å². The molecule has 0 aliphatic carbocycles. The summed E-state index contributed by atoms with van der Waals surface area (Å²) in [5, 5.41) is 9.02. The number of hydrogen-bond donors (Lipinski definition) is 1. The van der Waals surface area contributed by atoms with E-state index in [0.717, 1.165) is 51.9 Å². The molecule has 136 valence electrons. The van der Waals surface area contributed by atoms with Gasteiger partial charge in [0.1, 0.15) is 5.69 Å². The van der Waals surface area contributed by atoms with Gasteiger partial charge in [-0.15, -0.1) is 0 Å². The van der Waals surface area contributed by atoms with Crippen LogP contribution in [-0.4, -0.2) is 39.8 Å². The Morgan fingerprint density at radius 2 is 2.12 bits per heavy atom. The van der Waals surface area contributed by atoms with Gasteiger partial charge in [-0.1, -0.05) is 22.9 Å². The Morgan fingerprint density at radius 1 is 1.35 bits per heavy atom. The molecule has 3 aromatic rings. The fraction of sp³-hybridized carbons (Fsp3) is 0.389. The third-order valence-corrected chi connectivity index (χ3v) is 5.97. The van der Waals surface area contributed by atoms with Crippen molar-refractivity contribution in [1.29, 1.82) is 0 Å². The van der Waals surface area contributed by atoms with Crippen LogP contribution in [0.5, 0.6) is 0 Å². The van der Waals surface area contributed by atoms with Gasteiger partial charge in [-0.2, -0.15) is 5.10 Å². The number of fused-ring (bicyclic) bond motifs is 1. The molecule has 0 radical (unpaired) electrons. The van der Waals surface area contributed by atoms with Crippen molar-refractivity contribution in [3.63, 3.8) is 0 Å². The number of carbonyl (C=O) groups is 1. The summed E-state index contributed by atoms with van der Waals surface area (Å²) < 4.78 is 2.76. The maximum Gasteiger partial charge on any atom is 0.271 e. The molecule has 1 amide bonds. The lowest BCUT2D eigenvalue weighted by molar-refractivity contribution is 0.0925. The predicted molar refractivity (Wildman–Crippen MR) is 105 cm³/mol. The van der Waals surface area contributed by atoms with E-state index in [4.69, 9.17) is 16.6 Å². The van der Waals surface area contributed by atoms with Crippen molar-refractivity contribution in [3.8, 4) is 0 Å². The second-order valence-electron chi connectivity index (χ2n) is 6.68. The highest BCUT2D eigenvalue weighted by molar-refractivity contribution is 7.22. The fourth-order valence-corrected chi connectivity index (χ4v) is 4.76. The Bertz CT molecular complexity index is 958. The number of piperidine rings is 1. The minimum Gasteiger partial charge on any atom is -0.348 e. The van der Waals surface area contributed by atoms with Crippen LogP contribution in [0.1, 0.15) is 28.9 Å². The van der Waals surface area contributed by atoms with Crippen molar-refractivity contribution in [1.82, 2.24) is 20.1 Å². The molecule has 0 unspecified atom stereocenters. The lowest BCUT2D eigenvalue weighted by Gasteiger charge is -2.32. The molecular weight excluding hydrogens is 370 g/mol. The normalized spacial score (nSPS) is 15.6. The second kappa shape index (κ2) is 6.89. The van der Waals surface area contributed by atoms with Crippen molar-refractivity contribution in [2.24, 2.45) is 7.05 Å². The maximum absolute atomic E-state index is 12.2. The van der Waals surface area contributed by atoms with Crippen LogP contribution in [0, 0.1) is 6.92 Å². The minimum absolute atomic E-state index is 0.102. The van der Waals surface area contributed by atoms with Gasteiger partial charge in [0.25, 0.3) is 5.91 Å². The molecule has 1 aliphatic rings. The third kappa shape index (κ3) is 3.41. The van der Waals surface area contributed by atoms with Gasteiger partial charge in [-0.25, -0.2) is 4.98 Å². The van der Waals surface area contributed by atoms with Crippen LogP contribution in [-0.2, 0) is 7.05 Å². The summed E-state index contributed by atoms with van der Waals surface area (Å²) >= 11 is 7.83. The van der Waals surface area contributed by atoms with Crippen molar-refractivity contribution < 1.29 is 4.79 Å². The molecule has 0 atom stereocenters. The number of benzene rings is 1. The van der Waals surface area contributed by atoms with Crippen molar-refractivity contribution >= 4 is 44.2 Å². The molecule has 6 nitrogen and oxygen atoms in total. The first kappa shape index (κ1) is 17.3. The van der Waals surface area contributed by atoms with Gasteiger partial charge >= 0.3 is 0 Å². The summed E-state index contributed by atoms with van der Waals surface area (Å²) in [4.78, 5) is 19.3.